The van der Waals surface area contributed by atoms with Crippen LogP contribution in [0, 0.1) is 5.92 Å². The Labute approximate surface area is 104 Å². The van der Waals surface area contributed by atoms with Gasteiger partial charge in [0.1, 0.15) is 0 Å². The van der Waals surface area contributed by atoms with Crippen LogP contribution in [-0.2, 0) is 14.8 Å². The smallest absolute Gasteiger partial charge is 0.211 e. The molecule has 1 rings (SSSR count). The largest absolute Gasteiger partial charge is 0.377 e. The minimum Gasteiger partial charge on any atom is -0.377 e. The van der Waals surface area contributed by atoms with E-state index < -0.39 is 10.0 Å². The maximum atomic E-state index is 11.7. The normalized spacial score (nSPS) is 21.9. The number of sulfonamides is 1. The van der Waals surface area contributed by atoms with Crippen LogP contribution in [0.3, 0.4) is 0 Å². The summed E-state index contributed by atoms with van der Waals surface area (Å²) < 4.78 is 31.4. The van der Waals surface area contributed by atoms with Gasteiger partial charge in [-0.2, -0.15) is 0 Å². The highest BCUT2D eigenvalue weighted by Crippen LogP contribution is 2.11. The van der Waals surface area contributed by atoms with E-state index in [2.05, 4.69) is 10.0 Å². The van der Waals surface area contributed by atoms with Gasteiger partial charge in [0.2, 0.25) is 10.0 Å². The van der Waals surface area contributed by atoms with Crippen LogP contribution >= 0.6 is 0 Å². The molecule has 0 aromatic heterocycles. The van der Waals surface area contributed by atoms with Gasteiger partial charge in [-0.05, 0) is 45.7 Å². The lowest BCUT2D eigenvalue weighted by molar-refractivity contribution is 0.0833. The van der Waals surface area contributed by atoms with Crippen LogP contribution in [0.1, 0.15) is 26.7 Å². The van der Waals surface area contributed by atoms with Crippen LogP contribution in [0.15, 0.2) is 0 Å². The van der Waals surface area contributed by atoms with Crippen molar-refractivity contribution in [3.63, 3.8) is 0 Å². The summed E-state index contributed by atoms with van der Waals surface area (Å²) >= 11 is 0. The highest BCUT2D eigenvalue weighted by atomic mass is 32.2. The lowest BCUT2D eigenvalue weighted by Gasteiger charge is -2.22. The number of piperidine rings is 1. The molecule has 1 saturated heterocycles. The van der Waals surface area contributed by atoms with Gasteiger partial charge in [0.05, 0.1) is 18.5 Å². The number of nitrogens with one attached hydrogen (secondary N) is 2. The zero-order chi connectivity index (χ0) is 12.7. The Kier molecular flexibility index (Phi) is 6.40. The van der Waals surface area contributed by atoms with Crippen molar-refractivity contribution in [2.24, 2.45) is 5.92 Å². The van der Waals surface area contributed by atoms with Crippen molar-refractivity contribution in [3.8, 4) is 0 Å². The summed E-state index contributed by atoms with van der Waals surface area (Å²) in [7, 11) is -3.15. The third-order valence-electron chi connectivity index (χ3n) is 2.73. The number of hydrogen-bond acceptors (Lipinski definition) is 4. The van der Waals surface area contributed by atoms with E-state index in [0.717, 1.165) is 25.9 Å². The van der Waals surface area contributed by atoms with E-state index in [-0.39, 0.29) is 17.8 Å². The molecule has 6 heteroatoms. The standard InChI is InChI=1S/C11H24N2O3S/c1-10(2)16-7-6-13-17(14,15)9-11-4-3-5-12-8-11/h10-13H,3-9H2,1-2H3. The molecule has 2 N–H and O–H groups in total. The Morgan fingerprint density at radius 2 is 2.24 bits per heavy atom. The van der Waals surface area contributed by atoms with E-state index in [4.69, 9.17) is 4.74 Å². The summed E-state index contributed by atoms with van der Waals surface area (Å²) in [6, 6.07) is 0. The molecule has 0 amide bonds. The Hall–Kier alpha value is -0.170. The first kappa shape index (κ1) is 14.9. The lowest BCUT2D eigenvalue weighted by Crippen LogP contribution is -2.38. The first-order valence-corrected chi connectivity index (χ1v) is 7.94. The Morgan fingerprint density at radius 3 is 2.82 bits per heavy atom. The monoisotopic (exact) mass is 264 g/mol. The molecule has 1 unspecified atom stereocenters. The Morgan fingerprint density at radius 1 is 1.47 bits per heavy atom. The molecule has 17 heavy (non-hydrogen) atoms. The van der Waals surface area contributed by atoms with Gasteiger partial charge in [-0.15, -0.1) is 0 Å². The fourth-order valence-electron chi connectivity index (χ4n) is 1.93. The molecule has 0 aromatic carbocycles. The van der Waals surface area contributed by atoms with Crippen LogP contribution in [-0.4, -0.2) is 46.5 Å². The van der Waals surface area contributed by atoms with Crippen LogP contribution < -0.4 is 10.0 Å². The highest BCUT2D eigenvalue weighted by Gasteiger charge is 2.20. The summed E-state index contributed by atoms with van der Waals surface area (Å²) in [6.45, 7) is 6.47. The molecule has 1 aliphatic heterocycles. The predicted molar refractivity (Wildman–Crippen MR) is 68.5 cm³/mol. The maximum absolute atomic E-state index is 11.7. The summed E-state index contributed by atoms with van der Waals surface area (Å²) in [5, 5.41) is 3.22. The topological polar surface area (TPSA) is 67.4 Å². The lowest BCUT2D eigenvalue weighted by atomic mass is 10.0. The second-order valence-corrected chi connectivity index (χ2v) is 6.66. The predicted octanol–water partition coefficient (Wildman–Crippen LogP) is 0.330. The molecule has 102 valence electrons. The molecular formula is C11H24N2O3S. The van der Waals surface area contributed by atoms with Crippen molar-refractivity contribution in [1.82, 2.24) is 10.0 Å². The first-order chi connectivity index (χ1) is 7.99. The Balaban J connectivity index is 2.20. The average molecular weight is 264 g/mol. The second-order valence-electron chi connectivity index (χ2n) is 4.81. The summed E-state index contributed by atoms with van der Waals surface area (Å²) in [5.41, 5.74) is 0. The minimum absolute atomic E-state index is 0.141. The summed E-state index contributed by atoms with van der Waals surface area (Å²) in [6.07, 6.45) is 2.20. The third kappa shape index (κ3) is 6.98. The average Bonchev–Trinajstić information content (AvgIpc) is 2.25. The molecule has 0 aliphatic carbocycles. The van der Waals surface area contributed by atoms with Gasteiger partial charge in [0.15, 0.2) is 0 Å². The fourth-order valence-corrected chi connectivity index (χ4v) is 3.34. The zero-order valence-corrected chi connectivity index (χ0v) is 11.6. The summed E-state index contributed by atoms with van der Waals surface area (Å²) in [5.74, 6) is 0.467. The molecule has 1 fully saturated rings. The minimum atomic E-state index is -3.15. The van der Waals surface area contributed by atoms with Crippen molar-refractivity contribution in [2.45, 2.75) is 32.8 Å². The molecule has 1 aliphatic rings. The molecule has 0 radical (unpaired) electrons. The van der Waals surface area contributed by atoms with E-state index in [0.29, 0.717) is 13.2 Å². The van der Waals surface area contributed by atoms with Crippen molar-refractivity contribution in [2.75, 3.05) is 32.0 Å². The van der Waals surface area contributed by atoms with E-state index in [1.165, 1.54) is 0 Å². The molecular weight excluding hydrogens is 240 g/mol. The van der Waals surface area contributed by atoms with Gasteiger partial charge in [-0.3, -0.25) is 0 Å². The van der Waals surface area contributed by atoms with Gasteiger partial charge >= 0.3 is 0 Å². The second kappa shape index (κ2) is 7.31. The maximum Gasteiger partial charge on any atom is 0.211 e. The first-order valence-electron chi connectivity index (χ1n) is 6.29. The van der Waals surface area contributed by atoms with Crippen LogP contribution in [0.5, 0.6) is 0 Å². The van der Waals surface area contributed by atoms with E-state index in [9.17, 15) is 8.42 Å². The van der Waals surface area contributed by atoms with Crippen LogP contribution in [0.2, 0.25) is 0 Å². The van der Waals surface area contributed by atoms with Crippen molar-refractivity contribution in [3.05, 3.63) is 0 Å². The fraction of sp³-hybridized carbons (Fsp3) is 1.00. The quantitative estimate of drug-likeness (QED) is 0.650. The van der Waals surface area contributed by atoms with Gasteiger partial charge in [0.25, 0.3) is 0 Å². The molecule has 0 bridgehead atoms. The molecule has 0 saturated carbocycles. The van der Waals surface area contributed by atoms with Gasteiger partial charge in [-0.1, -0.05) is 0 Å². The highest BCUT2D eigenvalue weighted by molar-refractivity contribution is 7.89. The van der Waals surface area contributed by atoms with Crippen LogP contribution in [0.25, 0.3) is 0 Å². The third-order valence-corrected chi connectivity index (χ3v) is 4.28. The molecule has 5 nitrogen and oxygen atoms in total. The van der Waals surface area contributed by atoms with E-state index >= 15 is 0 Å². The number of ether oxygens (including phenoxy) is 1. The molecule has 0 aromatic rings. The van der Waals surface area contributed by atoms with Crippen molar-refractivity contribution < 1.29 is 13.2 Å². The van der Waals surface area contributed by atoms with Crippen molar-refractivity contribution >= 4 is 10.0 Å². The van der Waals surface area contributed by atoms with Crippen molar-refractivity contribution in [1.29, 1.82) is 0 Å². The molecule has 0 spiro atoms. The number of rotatable bonds is 7. The van der Waals surface area contributed by atoms with E-state index in [1.807, 2.05) is 13.8 Å². The number of hydrogen-bond donors (Lipinski definition) is 2. The van der Waals surface area contributed by atoms with Crippen LogP contribution in [0.4, 0.5) is 0 Å². The van der Waals surface area contributed by atoms with Gasteiger partial charge < -0.3 is 10.1 Å². The zero-order valence-electron chi connectivity index (χ0n) is 10.7. The summed E-state index contributed by atoms with van der Waals surface area (Å²) in [4.78, 5) is 0. The van der Waals surface area contributed by atoms with E-state index in [1.54, 1.807) is 0 Å². The SMILES string of the molecule is CC(C)OCCNS(=O)(=O)CC1CCCNC1. The van der Waals surface area contributed by atoms with Gasteiger partial charge in [-0.25, -0.2) is 13.1 Å². The van der Waals surface area contributed by atoms with Gasteiger partial charge in [0, 0.05) is 6.54 Å². The molecule has 1 heterocycles. The Bertz CT molecular complexity index is 298. The molecule has 1 atom stereocenters.